The largest absolute Gasteiger partial charge is 0.493 e. The van der Waals surface area contributed by atoms with Crippen LogP contribution >= 0.6 is 0 Å². The topological polar surface area (TPSA) is 98.2 Å². The van der Waals surface area contributed by atoms with Gasteiger partial charge in [0.15, 0.2) is 11.5 Å². The minimum atomic E-state index is -0.493. The Labute approximate surface area is 204 Å². The first kappa shape index (κ1) is 25.3. The Hall–Kier alpha value is -4.33. The molecule has 0 unspecified atom stereocenters. The smallest absolute Gasteiger partial charge is 0.249 e. The number of nitrogens with one attached hydrogen (secondary N) is 2. The molecule has 2 amide bonds. The van der Waals surface area contributed by atoms with Gasteiger partial charge in [-0.2, -0.15) is 5.10 Å². The molecule has 8 heteroatoms. The number of hydrogen-bond acceptors (Lipinski definition) is 6. The molecule has 0 heterocycles. The summed E-state index contributed by atoms with van der Waals surface area (Å²) in [6, 6.07) is 22.8. The van der Waals surface area contributed by atoms with Crippen LogP contribution in [-0.4, -0.2) is 38.8 Å². The van der Waals surface area contributed by atoms with Crippen molar-refractivity contribution in [2.45, 2.75) is 19.4 Å². The van der Waals surface area contributed by atoms with Crippen molar-refractivity contribution in [1.29, 1.82) is 0 Å². The van der Waals surface area contributed by atoms with E-state index in [9.17, 15) is 9.59 Å². The van der Waals surface area contributed by atoms with E-state index in [0.717, 1.165) is 22.4 Å². The number of amides is 2. The summed E-state index contributed by atoms with van der Waals surface area (Å²) in [6.45, 7) is 0.879. The van der Waals surface area contributed by atoms with Crippen LogP contribution in [0.2, 0.25) is 0 Å². The quantitative estimate of drug-likeness (QED) is 0.237. The van der Waals surface area contributed by atoms with Gasteiger partial charge in [0.2, 0.25) is 11.8 Å². The van der Waals surface area contributed by atoms with Gasteiger partial charge in [-0.05, 0) is 59.5 Å². The van der Waals surface area contributed by atoms with E-state index in [1.165, 1.54) is 6.21 Å². The molecule has 0 aromatic heterocycles. The normalized spacial score (nSPS) is 10.6. The van der Waals surface area contributed by atoms with Crippen molar-refractivity contribution in [2.24, 2.45) is 5.10 Å². The Morgan fingerprint density at radius 3 is 2.31 bits per heavy atom. The van der Waals surface area contributed by atoms with Crippen LogP contribution in [-0.2, 0) is 22.6 Å². The number of rotatable bonds is 12. The average molecular weight is 476 g/mol. The number of carbonyl (C=O) groups is 2. The fourth-order valence-electron chi connectivity index (χ4n) is 3.20. The number of nitrogens with zero attached hydrogens (tertiary/aromatic N) is 1. The summed E-state index contributed by atoms with van der Waals surface area (Å²) >= 11 is 0. The minimum Gasteiger partial charge on any atom is -0.493 e. The molecule has 2 N–H and O–H groups in total. The number of benzene rings is 3. The number of hydrazone groups is 1. The molecule has 8 nitrogen and oxygen atoms in total. The summed E-state index contributed by atoms with van der Waals surface area (Å²) in [5.74, 6) is 1.14. The predicted molar refractivity (Wildman–Crippen MR) is 134 cm³/mol. The van der Waals surface area contributed by atoms with Crippen LogP contribution in [0.15, 0.2) is 77.9 Å². The van der Waals surface area contributed by atoms with Gasteiger partial charge < -0.3 is 19.5 Å². The highest BCUT2D eigenvalue weighted by Crippen LogP contribution is 2.27. The number of hydrogen-bond donors (Lipinski definition) is 2. The third kappa shape index (κ3) is 8.51. The van der Waals surface area contributed by atoms with E-state index in [2.05, 4.69) is 15.8 Å². The van der Waals surface area contributed by atoms with Crippen LogP contribution in [0.25, 0.3) is 0 Å². The van der Waals surface area contributed by atoms with Crippen LogP contribution in [0.5, 0.6) is 17.2 Å². The molecule has 0 atom stereocenters. The van der Waals surface area contributed by atoms with E-state index in [4.69, 9.17) is 14.2 Å². The lowest BCUT2D eigenvalue weighted by Crippen LogP contribution is -2.31. The van der Waals surface area contributed by atoms with Gasteiger partial charge in [-0.15, -0.1) is 0 Å². The first-order valence-corrected chi connectivity index (χ1v) is 11.1. The van der Waals surface area contributed by atoms with Crippen molar-refractivity contribution in [3.05, 3.63) is 89.5 Å². The monoisotopic (exact) mass is 475 g/mol. The lowest BCUT2D eigenvalue weighted by Gasteiger charge is -2.10. The molecule has 35 heavy (non-hydrogen) atoms. The highest BCUT2D eigenvalue weighted by molar-refractivity contribution is 5.97. The first-order valence-electron chi connectivity index (χ1n) is 11.1. The standard InChI is InChI=1S/C27H29N3O5/c1-33-24-13-10-20(16-25(24)34-2)14-15-28-26(31)17-27(32)30-29-18-21-8-11-23(12-9-21)35-19-22-6-4-3-5-7-22/h3-13,16,18H,14-15,17,19H2,1-2H3,(H,28,31)(H,30,32)/b29-18-. The second-order valence-electron chi connectivity index (χ2n) is 7.60. The molecule has 0 saturated heterocycles. The van der Waals surface area contributed by atoms with Gasteiger partial charge in [0, 0.05) is 6.54 Å². The predicted octanol–water partition coefficient (Wildman–Crippen LogP) is 3.48. The molecule has 182 valence electrons. The second-order valence-corrected chi connectivity index (χ2v) is 7.60. The van der Waals surface area contributed by atoms with Gasteiger partial charge >= 0.3 is 0 Å². The molecule has 0 aliphatic rings. The fourth-order valence-corrected chi connectivity index (χ4v) is 3.20. The Morgan fingerprint density at radius 1 is 0.857 bits per heavy atom. The average Bonchev–Trinajstić information content (AvgIpc) is 2.88. The van der Waals surface area contributed by atoms with Gasteiger partial charge in [0.25, 0.3) is 0 Å². The highest BCUT2D eigenvalue weighted by Gasteiger charge is 2.09. The van der Waals surface area contributed by atoms with Crippen molar-refractivity contribution in [2.75, 3.05) is 20.8 Å². The minimum absolute atomic E-state index is 0.310. The van der Waals surface area contributed by atoms with Crippen LogP contribution in [0.1, 0.15) is 23.1 Å². The first-order chi connectivity index (χ1) is 17.1. The maximum atomic E-state index is 12.0. The van der Waals surface area contributed by atoms with Crippen molar-refractivity contribution in [3.63, 3.8) is 0 Å². The fraction of sp³-hybridized carbons (Fsp3) is 0.222. The molecule has 0 radical (unpaired) electrons. The molecule has 3 rings (SSSR count). The van der Waals surface area contributed by atoms with E-state index in [1.54, 1.807) is 14.2 Å². The van der Waals surface area contributed by atoms with E-state index < -0.39 is 5.91 Å². The van der Waals surface area contributed by atoms with Crippen LogP contribution in [0, 0.1) is 0 Å². The molecule has 0 aliphatic heterocycles. The van der Waals surface area contributed by atoms with Gasteiger partial charge in [0.1, 0.15) is 18.8 Å². The third-order valence-corrected chi connectivity index (χ3v) is 5.04. The third-order valence-electron chi connectivity index (χ3n) is 5.04. The van der Waals surface area contributed by atoms with E-state index in [1.807, 2.05) is 72.8 Å². The Morgan fingerprint density at radius 2 is 1.60 bits per heavy atom. The molecule has 0 bridgehead atoms. The number of methoxy groups -OCH3 is 2. The molecule has 3 aromatic rings. The lowest BCUT2D eigenvalue weighted by atomic mass is 10.1. The van der Waals surface area contributed by atoms with Gasteiger partial charge in [-0.3, -0.25) is 9.59 Å². The SMILES string of the molecule is COc1ccc(CCNC(=O)CC(=O)N/N=C\c2ccc(OCc3ccccc3)cc2)cc1OC. The Balaban J connectivity index is 1.35. The maximum Gasteiger partial charge on any atom is 0.249 e. The van der Waals surface area contributed by atoms with Crippen LogP contribution in [0.3, 0.4) is 0 Å². The zero-order valence-corrected chi connectivity index (χ0v) is 19.8. The van der Waals surface area contributed by atoms with E-state index in [-0.39, 0.29) is 12.3 Å². The Bertz CT molecular complexity index is 1130. The Kier molecular flexibility index (Phi) is 9.68. The molecule has 0 spiro atoms. The number of carbonyl (C=O) groups excluding carboxylic acids is 2. The van der Waals surface area contributed by atoms with Gasteiger partial charge in [-0.1, -0.05) is 36.4 Å². The van der Waals surface area contributed by atoms with Crippen molar-refractivity contribution in [1.82, 2.24) is 10.7 Å². The van der Waals surface area contributed by atoms with Crippen molar-refractivity contribution < 1.29 is 23.8 Å². The summed E-state index contributed by atoms with van der Waals surface area (Å²) in [4.78, 5) is 24.0. The van der Waals surface area contributed by atoms with Crippen molar-refractivity contribution >= 4 is 18.0 Å². The summed E-state index contributed by atoms with van der Waals surface area (Å²) in [5.41, 5.74) is 5.22. The molecule has 0 aliphatic carbocycles. The zero-order chi connectivity index (χ0) is 24.9. The van der Waals surface area contributed by atoms with Gasteiger partial charge in [0.05, 0.1) is 20.4 Å². The second kappa shape index (κ2) is 13.4. The van der Waals surface area contributed by atoms with Crippen molar-refractivity contribution in [3.8, 4) is 17.2 Å². The van der Waals surface area contributed by atoms with Crippen LogP contribution < -0.4 is 25.0 Å². The van der Waals surface area contributed by atoms with E-state index >= 15 is 0 Å². The maximum absolute atomic E-state index is 12.0. The zero-order valence-electron chi connectivity index (χ0n) is 19.8. The number of ether oxygens (including phenoxy) is 3. The summed E-state index contributed by atoms with van der Waals surface area (Å²) in [5, 5.41) is 6.64. The van der Waals surface area contributed by atoms with Gasteiger partial charge in [-0.25, -0.2) is 5.43 Å². The molecule has 3 aromatic carbocycles. The summed E-state index contributed by atoms with van der Waals surface area (Å²) in [7, 11) is 3.15. The molecule has 0 fully saturated rings. The molecular weight excluding hydrogens is 446 g/mol. The summed E-state index contributed by atoms with van der Waals surface area (Å²) in [6.07, 6.45) is 1.79. The molecule has 0 saturated carbocycles. The van der Waals surface area contributed by atoms with E-state index in [0.29, 0.717) is 31.1 Å². The lowest BCUT2D eigenvalue weighted by molar-refractivity contribution is -0.129. The molecular formula is C27H29N3O5. The van der Waals surface area contributed by atoms with Crippen LogP contribution in [0.4, 0.5) is 0 Å². The summed E-state index contributed by atoms with van der Waals surface area (Å²) < 4.78 is 16.2. The highest BCUT2D eigenvalue weighted by atomic mass is 16.5.